The second kappa shape index (κ2) is 5.14. The monoisotopic (exact) mass is 247 g/mol. The number of nitrogens with zero attached hydrogens (tertiary/aromatic N) is 1. The molecule has 0 saturated carbocycles. The summed E-state index contributed by atoms with van der Waals surface area (Å²) in [6.07, 6.45) is 1.67. The summed E-state index contributed by atoms with van der Waals surface area (Å²) < 4.78 is 18.2. The first-order valence-electron chi connectivity index (χ1n) is 5.55. The highest BCUT2D eigenvalue weighted by Gasteiger charge is 2.13. The predicted molar refractivity (Wildman–Crippen MR) is 66.0 cm³/mol. The van der Waals surface area contributed by atoms with Gasteiger partial charge in [-0.1, -0.05) is 6.07 Å². The highest BCUT2D eigenvalue weighted by atomic mass is 19.1. The van der Waals surface area contributed by atoms with Gasteiger partial charge in [0.1, 0.15) is 17.7 Å². The smallest absolute Gasteiger partial charge is 0.141 e. The van der Waals surface area contributed by atoms with Crippen LogP contribution in [0.4, 0.5) is 4.39 Å². The summed E-state index contributed by atoms with van der Waals surface area (Å²) in [6.45, 7) is 1.89. The standard InChI is InChI=1S/C14H14FNO2/c1-9-5-10(3-4-13(9)18-2)14(17)11-6-12(15)8-16-7-11/h3-8,14,17H,1-2H3. The second-order valence-corrected chi connectivity index (χ2v) is 4.07. The van der Waals surface area contributed by atoms with Crippen molar-refractivity contribution >= 4 is 0 Å². The molecule has 3 nitrogen and oxygen atoms in total. The number of hydrogen-bond acceptors (Lipinski definition) is 3. The zero-order valence-electron chi connectivity index (χ0n) is 10.2. The van der Waals surface area contributed by atoms with Crippen molar-refractivity contribution in [2.24, 2.45) is 0 Å². The van der Waals surface area contributed by atoms with Gasteiger partial charge in [0, 0.05) is 11.8 Å². The molecule has 0 aliphatic rings. The Bertz CT molecular complexity index is 557. The van der Waals surface area contributed by atoms with Gasteiger partial charge in [0.05, 0.1) is 13.3 Å². The molecule has 2 aromatic rings. The second-order valence-electron chi connectivity index (χ2n) is 4.07. The summed E-state index contributed by atoms with van der Waals surface area (Å²) in [5.41, 5.74) is 2.03. The summed E-state index contributed by atoms with van der Waals surface area (Å²) in [7, 11) is 1.59. The van der Waals surface area contributed by atoms with Crippen molar-refractivity contribution < 1.29 is 14.2 Å². The molecule has 1 aromatic heterocycles. The van der Waals surface area contributed by atoms with Crippen molar-refractivity contribution in [3.05, 3.63) is 59.2 Å². The summed E-state index contributed by atoms with van der Waals surface area (Å²) in [4.78, 5) is 3.73. The van der Waals surface area contributed by atoms with Gasteiger partial charge < -0.3 is 9.84 Å². The zero-order valence-corrected chi connectivity index (χ0v) is 10.2. The fourth-order valence-corrected chi connectivity index (χ4v) is 1.84. The molecule has 1 unspecified atom stereocenters. The number of aliphatic hydroxyl groups excluding tert-OH is 1. The molecule has 2 rings (SSSR count). The molecule has 1 heterocycles. The number of aromatic nitrogens is 1. The molecule has 0 spiro atoms. The Balaban J connectivity index is 2.34. The number of methoxy groups -OCH3 is 1. The van der Waals surface area contributed by atoms with E-state index in [4.69, 9.17) is 4.74 Å². The van der Waals surface area contributed by atoms with Crippen molar-refractivity contribution in [3.63, 3.8) is 0 Å². The van der Waals surface area contributed by atoms with E-state index in [1.54, 1.807) is 19.2 Å². The SMILES string of the molecule is COc1ccc(C(O)c2cncc(F)c2)cc1C. The molecule has 0 bridgehead atoms. The maximum absolute atomic E-state index is 13.0. The fourth-order valence-electron chi connectivity index (χ4n) is 1.84. The number of benzene rings is 1. The van der Waals surface area contributed by atoms with Gasteiger partial charge in [0.2, 0.25) is 0 Å². The average molecular weight is 247 g/mol. The minimum atomic E-state index is -0.891. The van der Waals surface area contributed by atoms with E-state index in [2.05, 4.69) is 4.98 Å². The summed E-state index contributed by atoms with van der Waals surface area (Å²) in [5, 5.41) is 10.2. The molecule has 0 aliphatic heterocycles. The van der Waals surface area contributed by atoms with Crippen molar-refractivity contribution in [2.45, 2.75) is 13.0 Å². The Morgan fingerprint density at radius 2 is 2.00 bits per heavy atom. The number of halogens is 1. The van der Waals surface area contributed by atoms with E-state index in [0.29, 0.717) is 11.1 Å². The van der Waals surface area contributed by atoms with E-state index in [9.17, 15) is 9.50 Å². The summed E-state index contributed by atoms with van der Waals surface area (Å²) in [5.74, 6) is 0.292. The Labute approximate surface area is 105 Å². The molecule has 1 aromatic carbocycles. The van der Waals surface area contributed by atoms with Crippen LogP contribution in [0.3, 0.4) is 0 Å². The lowest BCUT2D eigenvalue weighted by molar-refractivity contribution is 0.219. The van der Waals surface area contributed by atoms with Gasteiger partial charge in [-0.3, -0.25) is 4.98 Å². The maximum atomic E-state index is 13.0. The number of ether oxygens (including phenoxy) is 1. The Morgan fingerprint density at radius 3 is 2.61 bits per heavy atom. The Morgan fingerprint density at radius 1 is 1.22 bits per heavy atom. The first-order chi connectivity index (χ1) is 8.61. The van der Waals surface area contributed by atoms with E-state index >= 15 is 0 Å². The number of rotatable bonds is 3. The molecule has 0 radical (unpaired) electrons. The lowest BCUT2D eigenvalue weighted by Gasteiger charge is -2.13. The predicted octanol–water partition coefficient (Wildman–Crippen LogP) is 2.62. The topological polar surface area (TPSA) is 42.4 Å². The van der Waals surface area contributed by atoms with Crippen LogP contribution >= 0.6 is 0 Å². The van der Waals surface area contributed by atoms with Crippen molar-refractivity contribution in [2.75, 3.05) is 7.11 Å². The molecule has 0 aliphatic carbocycles. The molecule has 0 fully saturated rings. The van der Waals surface area contributed by atoms with Gasteiger partial charge in [0.25, 0.3) is 0 Å². The van der Waals surface area contributed by atoms with E-state index in [1.807, 2.05) is 13.0 Å². The lowest BCUT2D eigenvalue weighted by atomic mass is 10.0. The number of aryl methyl sites for hydroxylation is 1. The van der Waals surface area contributed by atoms with Crippen LogP contribution in [0, 0.1) is 12.7 Å². The number of aliphatic hydroxyl groups is 1. The quantitative estimate of drug-likeness (QED) is 0.906. The molecule has 18 heavy (non-hydrogen) atoms. The van der Waals surface area contributed by atoms with Crippen molar-refractivity contribution in [1.29, 1.82) is 0 Å². The molecule has 1 atom stereocenters. The Hall–Kier alpha value is -1.94. The van der Waals surface area contributed by atoms with Crippen LogP contribution < -0.4 is 4.74 Å². The molecular formula is C14H14FNO2. The minimum absolute atomic E-state index is 0.430. The molecule has 0 amide bonds. The highest BCUT2D eigenvalue weighted by molar-refractivity contribution is 5.39. The number of hydrogen-bond donors (Lipinski definition) is 1. The fraction of sp³-hybridized carbons (Fsp3) is 0.214. The molecule has 94 valence electrons. The van der Waals surface area contributed by atoms with Crippen LogP contribution in [0.25, 0.3) is 0 Å². The van der Waals surface area contributed by atoms with Crippen LogP contribution in [-0.4, -0.2) is 17.2 Å². The molecule has 1 N–H and O–H groups in total. The van der Waals surface area contributed by atoms with E-state index in [-0.39, 0.29) is 0 Å². The largest absolute Gasteiger partial charge is 0.496 e. The van der Waals surface area contributed by atoms with Gasteiger partial charge in [-0.05, 0) is 36.2 Å². The first kappa shape index (κ1) is 12.5. The summed E-state index contributed by atoms with van der Waals surface area (Å²) >= 11 is 0. The number of pyridine rings is 1. The maximum Gasteiger partial charge on any atom is 0.141 e. The third-order valence-electron chi connectivity index (χ3n) is 2.78. The van der Waals surface area contributed by atoms with Crippen molar-refractivity contribution in [3.8, 4) is 5.75 Å². The third kappa shape index (κ3) is 2.49. The Kier molecular flexibility index (Phi) is 3.58. The lowest BCUT2D eigenvalue weighted by Crippen LogP contribution is -2.02. The minimum Gasteiger partial charge on any atom is -0.496 e. The van der Waals surface area contributed by atoms with Crippen LogP contribution in [0.15, 0.2) is 36.7 Å². The van der Waals surface area contributed by atoms with E-state index in [0.717, 1.165) is 17.5 Å². The van der Waals surface area contributed by atoms with Gasteiger partial charge in [-0.25, -0.2) is 4.39 Å². The van der Waals surface area contributed by atoms with Crippen LogP contribution in [-0.2, 0) is 0 Å². The van der Waals surface area contributed by atoms with E-state index in [1.165, 1.54) is 12.3 Å². The normalized spacial score (nSPS) is 12.2. The van der Waals surface area contributed by atoms with Crippen LogP contribution in [0.2, 0.25) is 0 Å². The van der Waals surface area contributed by atoms with Gasteiger partial charge >= 0.3 is 0 Å². The average Bonchev–Trinajstić information content (AvgIpc) is 2.37. The molecular weight excluding hydrogens is 233 g/mol. The van der Waals surface area contributed by atoms with Crippen LogP contribution in [0.5, 0.6) is 5.75 Å². The van der Waals surface area contributed by atoms with E-state index < -0.39 is 11.9 Å². The highest BCUT2D eigenvalue weighted by Crippen LogP contribution is 2.26. The zero-order chi connectivity index (χ0) is 13.1. The van der Waals surface area contributed by atoms with Crippen molar-refractivity contribution in [1.82, 2.24) is 4.98 Å². The first-order valence-corrected chi connectivity index (χ1v) is 5.55. The van der Waals surface area contributed by atoms with Gasteiger partial charge in [-0.2, -0.15) is 0 Å². The van der Waals surface area contributed by atoms with Crippen LogP contribution in [0.1, 0.15) is 22.8 Å². The third-order valence-corrected chi connectivity index (χ3v) is 2.78. The van der Waals surface area contributed by atoms with Gasteiger partial charge in [-0.15, -0.1) is 0 Å². The van der Waals surface area contributed by atoms with Gasteiger partial charge in [0.15, 0.2) is 0 Å². The summed E-state index contributed by atoms with van der Waals surface area (Å²) in [6, 6.07) is 6.62. The molecule has 4 heteroatoms. The molecule has 0 saturated heterocycles.